The lowest BCUT2D eigenvalue weighted by Crippen LogP contribution is -2.13. The van der Waals surface area contributed by atoms with Crippen LogP contribution in [0.2, 0.25) is 0 Å². The van der Waals surface area contributed by atoms with E-state index in [1.165, 1.54) is 6.33 Å². The largest absolute Gasteiger partial charge is 0.278 e. The van der Waals surface area contributed by atoms with E-state index in [4.69, 9.17) is 0 Å². The van der Waals surface area contributed by atoms with Gasteiger partial charge in [0.25, 0.3) is 0 Å². The van der Waals surface area contributed by atoms with Gasteiger partial charge in [-0.15, -0.1) is 0 Å². The first kappa shape index (κ1) is 18.6. The van der Waals surface area contributed by atoms with E-state index in [-0.39, 0.29) is 12.8 Å². The third-order valence-electron chi connectivity index (χ3n) is 5.50. The number of fused-ring (bicyclic) bond motifs is 1. The van der Waals surface area contributed by atoms with Gasteiger partial charge in [-0.2, -0.15) is 10.2 Å². The second kappa shape index (κ2) is 7.44. The first-order chi connectivity index (χ1) is 14.6. The van der Waals surface area contributed by atoms with Crippen LogP contribution >= 0.6 is 0 Å². The summed E-state index contributed by atoms with van der Waals surface area (Å²) in [5.74, 6) is -2.57. The molecule has 5 rings (SSSR count). The first-order valence-corrected chi connectivity index (χ1v) is 9.92. The molecule has 0 saturated heterocycles. The van der Waals surface area contributed by atoms with Crippen LogP contribution in [0.5, 0.6) is 0 Å². The quantitative estimate of drug-likeness (QED) is 0.463. The van der Waals surface area contributed by atoms with Crippen LogP contribution in [0.25, 0.3) is 33.5 Å². The van der Waals surface area contributed by atoms with E-state index < -0.39 is 5.92 Å². The van der Waals surface area contributed by atoms with Gasteiger partial charge < -0.3 is 0 Å². The maximum absolute atomic E-state index is 13.6. The smallest absolute Gasteiger partial charge is 0.248 e. The Bertz CT molecular complexity index is 1210. The van der Waals surface area contributed by atoms with Crippen LogP contribution in [0, 0.1) is 0 Å². The number of hydrogen-bond donors (Lipinski definition) is 2. The number of allylic oxidation sites excluding steroid dienone is 2. The number of H-pyrrole nitrogens is 2. The molecule has 0 spiro atoms. The van der Waals surface area contributed by atoms with Gasteiger partial charge in [0.2, 0.25) is 5.92 Å². The average molecular weight is 406 g/mol. The molecule has 0 unspecified atom stereocenters. The summed E-state index contributed by atoms with van der Waals surface area (Å²) in [6.45, 7) is 0. The third-order valence-corrected chi connectivity index (χ3v) is 5.50. The molecule has 0 radical (unpaired) electrons. The fourth-order valence-corrected chi connectivity index (χ4v) is 3.87. The number of nitrogens with one attached hydrogen (secondary N) is 2. The van der Waals surface area contributed by atoms with Crippen LogP contribution in [0.4, 0.5) is 8.78 Å². The Balaban J connectivity index is 1.45. The molecule has 0 aliphatic heterocycles. The van der Waals surface area contributed by atoms with Crippen molar-refractivity contribution in [2.45, 2.75) is 38.0 Å². The fraction of sp³-hybridized carbons (Fsp3) is 0.273. The van der Waals surface area contributed by atoms with Crippen molar-refractivity contribution < 1.29 is 8.78 Å². The number of alkyl halides is 2. The fourth-order valence-electron chi connectivity index (χ4n) is 3.87. The molecule has 8 heteroatoms. The summed E-state index contributed by atoms with van der Waals surface area (Å²) in [4.78, 5) is 8.76. The van der Waals surface area contributed by atoms with Crippen LogP contribution in [0.1, 0.15) is 31.4 Å². The average Bonchev–Trinajstić information content (AvgIpc) is 3.38. The highest BCUT2D eigenvalue weighted by molar-refractivity contribution is 5.94. The van der Waals surface area contributed by atoms with Gasteiger partial charge in [-0.05, 0) is 37.1 Å². The predicted molar refractivity (Wildman–Crippen MR) is 110 cm³/mol. The predicted octanol–water partition coefficient (Wildman–Crippen LogP) is 5.09. The Kier molecular flexibility index (Phi) is 4.61. The summed E-state index contributed by atoms with van der Waals surface area (Å²) in [5.41, 5.74) is 6.07. The maximum atomic E-state index is 13.6. The van der Waals surface area contributed by atoms with Crippen LogP contribution in [0.3, 0.4) is 0 Å². The van der Waals surface area contributed by atoms with Gasteiger partial charge in [-0.1, -0.05) is 17.7 Å². The van der Waals surface area contributed by atoms with Crippen LogP contribution in [-0.4, -0.2) is 36.3 Å². The van der Waals surface area contributed by atoms with Gasteiger partial charge >= 0.3 is 0 Å². The molecule has 0 bridgehead atoms. The van der Waals surface area contributed by atoms with Gasteiger partial charge in [-0.25, -0.2) is 18.7 Å². The first-order valence-electron chi connectivity index (χ1n) is 9.92. The number of halogens is 2. The standard InChI is InChI=1S/C22H20F2N6/c23-22(24)7-1-2-14(5-8-22)10-16-12-20(26-13-25-16)21-17-11-15(18-6-9-27-28-18)3-4-19(17)29-30-21/h2-4,6,9,11-13H,1,5,7-8,10H2,(H,27,28)(H,29,30). The van der Waals surface area contributed by atoms with Gasteiger partial charge in [0.1, 0.15) is 12.0 Å². The second-order valence-electron chi connectivity index (χ2n) is 7.63. The molecular formula is C22H20F2N6. The molecule has 3 aromatic heterocycles. The van der Waals surface area contributed by atoms with E-state index in [0.717, 1.165) is 39.1 Å². The van der Waals surface area contributed by atoms with Crippen molar-refractivity contribution in [3.05, 3.63) is 60.2 Å². The molecule has 4 aromatic rings. The van der Waals surface area contributed by atoms with Crippen molar-refractivity contribution >= 4 is 10.9 Å². The molecule has 0 fully saturated rings. The van der Waals surface area contributed by atoms with Crippen molar-refractivity contribution in [2.75, 3.05) is 0 Å². The molecule has 30 heavy (non-hydrogen) atoms. The number of aromatic amines is 2. The highest BCUT2D eigenvalue weighted by atomic mass is 19.3. The van der Waals surface area contributed by atoms with E-state index in [1.807, 2.05) is 36.4 Å². The maximum Gasteiger partial charge on any atom is 0.248 e. The summed E-state index contributed by atoms with van der Waals surface area (Å²) in [7, 11) is 0. The van der Waals surface area contributed by atoms with Crippen molar-refractivity contribution in [2.24, 2.45) is 0 Å². The molecule has 1 aliphatic rings. The Morgan fingerprint density at radius 3 is 2.83 bits per heavy atom. The van der Waals surface area contributed by atoms with Crippen LogP contribution in [0.15, 0.2) is 54.5 Å². The highest BCUT2D eigenvalue weighted by Gasteiger charge is 2.29. The summed E-state index contributed by atoms with van der Waals surface area (Å²) in [6.07, 6.45) is 6.32. The van der Waals surface area contributed by atoms with Crippen molar-refractivity contribution in [3.8, 4) is 22.6 Å². The summed E-state index contributed by atoms with van der Waals surface area (Å²) < 4.78 is 27.3. The van der Waals surface area contributed by atoms with Crippen molar-refractivity contribution in [3.63, 3.8) is 0 Å². The van der Waals surface area contributed by atoms with Gasteiger partial charge in [0.15, 0.2) is 0 Å². The van der Waals surface area contributed by atoms with Crippen LogP contribution in [-0.2, 0) is 6.42 Å². The Morgan fingerprint density at radius 1 is 1.03 bits per heavy atom. The van der Waals surface area contributed by atoms with Crippen molar-refractivity contribution in [1.82, 2.24) is 30.4 Å². The number of nitrogens with zero attached hydrogens (tertiary/aromatic N) is 4. The zero-order valence-electron chi connectivity index (χ0n) is 16.2. The monoisotopic (exact) mass is 406 g/mol. The molecular weight excluding hydrogens is 386 g/mol. The lowest BCUT2D eigenvalue weighted by molar-refractivity contribution is -0.0128. The molecule has 3 heterocycles. The zero-order chi connectivity index (χ0) is 20.6. The zero-order valence-corrected chi connectivity index (χ0v) is 16.2. The van der Waals surface area contributed by atoms with E-state index in [9.17, 15) is 8.78 Å². The molecule has 2 N–H and O–H groups in total. The lowest BCUT2D eigenvalue weighted by Gasteiger charge is -2.12. The van der Waals surface area contributed by atoms with Gasteiger partial charge in [0, 0.05) is 42.1 Å². The Labute approximate surface area is 171 Å². The minimum Gasteiger partial charge on any atom is -0.278 e. The second-order valence-corrected chi connectivity index (χ2v) is 7.63. The van der Waals surface area contributed by atoms with E-state index >= 15 is 0 Å². The molecule has 152 valence electrons. The number of rotatable bonds is 4. The number of hydrogen-bond acceptors (Lipinski definition) is 4. The minimum atomic E-state index is -2.57. The Morgan fingerprint density at radius 2 is 1.97 bits per heavy atom. The van der Waals surface area contributed by atoms with E-state index in [1.54, 1.807) is 6.20 Å². The summed E-state index contributed by atoms with van der Waals surface area (Å²) in [6, 6.07) is 9.81. The van der Waals surface area contributed by atoms with Crippen molar-refractivity contribution in [1.29, 1.82) is 0 Å². The summed E-state index contributed by atoms with van der Waals surface area (Å²) in [5, 5.41) is 15.4. The Hall–Kier alpha value is -3.42. The van der Waals surface area contributed by atoms with E-state index in [0.29, 0.717) is 25.0 Å². The summed E-state index contributed by atoms with van der Waals surface area (Å²) >= 11 is 0. The topological polar surface area (TPSA) is 83.1 Å². The molecule has 0 atom stereocenters. The minimum absolute atomic E-state index is 0.0799. The highest BCUT2D eigenvalue weighted by Crippen LogP contribution is 2.33. The normalized spacial score (nSPS) is 16.4. The molecule has 0 amide bonds. The third kappa shape index (κ3) is 3.72. The van der Waals surface area contributed by atoms with Gasteiger partial charge in [-0.3, -0.25) is 10.2 Å². The van der Waals surface area contributed by atoms with Gasteiger partial charge in [0.05, 0.1) is 16.9 Å². The lowest BCUT2D eigenvalue weighted by atomic mass is 10.0. The van der Waals surface area contributed by atoms with Crippen LogP contribution < -0.4 is 0 Å². The molecule has 1 aliphatic carbocycles. The molecule has 1 aromatic carbocycles. The number of aromatic nitrogens is 6. The van der Waals surface area contributed by atoms with E-state index in [2.05, 4.69) is 30.4 Å². The molecule has 0 saturated carbocycles. The molecule has 6 nitrogen and oxygen atoms in total. The SMILES string of the molecule is FC1(F)CCC=C(Cc2cc(-c3n[nH]c4ccc(-c5ccn[nH]5)cc34)ncn2)CC1. The number of benzene rings is 1.